The van der Waals surface area contributed by atoms with Crippen LogP contribution in [0.2, 0.25) is 0 Å². The van der Waals surface area contributed by atoms with Crippen molar-refractivity contribution in [2.75, 3.05) is 6.54 Å². The first kappa shape index (κ1) is 12.0. The molecule has 0 bridgehead atoms. The second kappa shape index (κ2) is 4.61. The first-order valence-corrected chi connectivity index (χ1v) is 5.24. The highest BCUT2D eigenvalue weighted by Gasteiger charge is 2.28. The Labute approximate surface area is 89.2 Å². The van der Waals surface area contributed by atoms with Crippen LogP contribution in [0.3, 0.4) is 0 Å². The smallest absolute Gasteiger partial charge is 0.242 e. The van der Waals surface area contributed by atoms with Crippen LogP contribution in [0.1, 0.15) is 33.1 Å². The van der Waals surface area contributed by atoms with E-state index in [-0.39, 0.29) is 18.4 Å². The number of hydrogen-bond acceptors (Lipinski definition) is 3. The van der Waals surface area contributed by atoms with E-state index in [2.05, 4.69) is 10.6 Å². The van der Waals surface area contributed by atoms with Crippen LogP contribution in [0.15, 0.2) is 0 Å². The van der Waals surface area contributed by atoms with Crippen molar-refractivity contribution in [3.8, 4) is 0 Å². The number of amides is 2. The lowest BCUT2D eigenvalue weighted by molar-refractivity contribution is -0.126. The first-order chi connectivity index (χ1) is 6.94. The molecule has 1 fully saturated rings. The molecule has 0 aromatic heterocycles. The zero-order valence-electron chi connectivity index (χ0n) is 9.17. The van der Waals surface area contributed by atoms with Gasteiger partial charge >= 0.3 is 0 Å². The molecule has 1 rings (SSSR count). The van der Waals surface area contributed by atoms with Crippen molar-refractivity contribution in [1.82, 2.24) is 10.6 Å². The van der Waals surface area contributed by atoms with Crippen LogP contribution in [-0.4, -0.2) is 35.1 Å². The summed E-state index contributed by atoms with van der Waals surface area (Å²) in [6.07, 6.45) is 1.52. The molecule has 5 heteroatoms. The summed E-state index contributed by atoms with van der Waals surface area (Å²) >= 11 is 0. The molecule has 1 heterocycles. The molecule has 2 unspecified atom stereocenters. The molecule has 0 saturated carbocycles. The van der Waals surface area contributed by atoms with Crippen LogP contribution >= 0.6 is 0 Å². The van der Waals surface area contributed by atoms with Gasteiger partial charge in [-0.2, -0.15) is 0 Å². The zero-order chi connectivity index (χ0) is 11.5. The Morgan fingerprint density at radius 2 is 2.40 bits per heavy atom. The van der Waals surface area contributed by atoms with E-state index in [4.69, 9.17) is 0 Å². The maximum atomic E-state index is 11.5. The van der Waals surface area contributed by atoms with E-state index in [9.17, 15) is 14.7 Å². The Kier molecular flexibility index (Phi) is 3.68. The molecule has 15 heavy (non-hydrogen) atoms. The summed E-state index contributed by atoms with van der Waals surface area (Å²) in [7, 11) is 0. The Hall–Kier alpha value is -1.10. The Balaban J connectivity index is 2.33. The van der Waals surface area contributed by atoms with Crippen molar-refractivity contribution in [2.24, 2.45) is 0 Å². The van der Waals surface area contributed by atoms with Crippen LogP contribution in [0.4, 0.5) is 0 Å². The van der Waals surface area contributed by atoms with Gasteiger partial charge in [-0.05, 0) is 19.8 Å². The lowest BCUT2D eigenvalue weighted by Crippen LogP contribution is -2.47. The van der Waals surface area contributed by atoms with Gasteiger partial charge in [-0.1, -0.05) is 6.92 Å². The minimum atomic E-state index is -0.877. The summed E-state index contributed by atoms with van der Waals surface area (Å²) in [6.45, 7) is 3.73. The quantitative estimate of drug-likeness (QED) is 0.592. The van der Waals surface area contributed by atoms with Gasteiger partial charge in [0.15, 0.2) is 0 Å². The van der Waals surface area contributed by atoms with Crippen LogP contribution in [0.5, 0.6) is 0 Å². The minimum Gasteiger partial charge on any atom is -0.388 e. The summed E-state index contributed by atoms with van der Waals surface area (Å²) in [5.41, 5.74) is -0.877. The standard InChI is InChI=1S/C10H18N2O3/c1-3-10(2,15)6-11-9(14)7-4-5-8(13)12-7/h7,15H,3-6H2,1-2H3,(H,11,14)(H,12,13). The van der Waals surface area contributed by atoms with Crippen LogP contribution in [0.25, 0.3) is 0 Å². The Bertz CT molecular complexity index is 263. The van der Waals surface area contributed by atoms with E-state index >= 15 is 0 Å². The monoisotopic (exact) mass is 214 g/mol. The van der Waals surface area contributed by atoms with Gasteiger partial charge in [-0.25, -0.2) is 0 Å². The summed E-state index contributed by atoms with van der Waals surface area (Å²) in [4.78, 5) is 22.4. The highest BCUT2D eigenvalue weighted by Crippen LogP contribution is 2.09. The van der Waals surface area contributed by atoms with E-state index in [1.165, 1.54) is 0 Å². The van der Waals surface area contributed by atoms with Gasteiger partial charge in [0.2, 0.25) is 11.8 Å². The molecule has 2 amide bonds. The number of aliphatic hydroxyl groups is 1. The number of hydrogen-bond donors (Lipinski definition) is 3. The summed E-state index contributed by atoms with van der Waals surface area (Å²) < 4.78 is 0. The van der Waals surface area contributed by atoms with E-state index < -0.39 is 11.6 Å². The molecule has 1 saturated heterocycles. The molecule has 86 valence electrons. The van der Waals surface area contributed by atoms with Gasteiger partial charge < -0.3 is 15.7 Å². The maximum Gasteiger partial charge on any atom is 0.242 e. The Morgan fingerprint density at radius 3 is 2.87 bits per heavy atom. The lowest BCUT2D eigenvalue weighted by Gasteiger charge is -2.22. The van der Waals surface area contributed by atoms with Gasteiger partial charge in [0.1, 0.15) is 6.04 Å². The largest absolute Gasteiger partial charge is 0.388 e. The van der Waals surface area contributed by atoms with Gasteiger partial charge in [-0.3, -0.25) is 9.59 Å². The second-order valence-electron chi connectivity index (χ2n) is 4.23. The van der Waals surface area contributed by atoms with Crippen molar-refractivity contribution in [3.05, 3.63) is 0 Å². The SMILES string of the molecule is CCC(C)(O)CNC(=O)C1CCC(=O)N1. The normalized spacial score (nSPS) is 24.5. The first-order valence-electron chi connectivity index (χ1n) is 5.24. The summed E-state index contributed by atoms with van der Waals surface area (Å²) in [5, 5.41) is 14.9. The Morgan fingerprint density at radius 1 is 1.73 bits per heavy atom. The van der Waals surface area contributed by atoms with Gasteiger partial charge in [0, 0.05) is 13.0 Å². The molecule has 1 aliphatic rings. The zero-order valence-corrected chi connectivity index (χ0v) is 9.17. The van der Waals surface area contributed by atoms with Crippen molar-refractivity contribution in [1.29, 1.82) is 0 Å². The second-order valence-corrected chi connectivity index (χ2v) is 4.23. The molecule has 0 aromatic carbocycles. The fraction of sp³-hybridized carbons (Fsp3) is 0.800. The molecule has 1 aliphatic heterocycles. The average Bonchev–Trinajstić information content (AvgIpc) is 2.61. The molecule has 0 radical (unpaired) electrons. The molecular weight excluding hydrogens is 196 g/mol. The lowest BCUT2D eigenvalue weighted by atomic mass is 10.0. The predicted molar refractivity (Wildman–Crippen MR) is 55.1 cm³/mol. The van der Waals surface area contributed by atoms with Crippen molar-refractivity contribution >= 4 is 11.8 Å². The van der Waals surface area contributed by atoms with E-state index in [0.29, 0.717) is 19.3 Å². The number of carbonyl (C=O) groups is 2. The van der Waals surface area contributed by atoms with Crippen LogP contribution < -0.4 is 10.6 Å². The average molecular weight is 214 g/mol. The molecular formula is C10H18N2O3. The highest BCUT2D eigenvalue weighted by atomic mass is 16.3. The minimum absolute atomic E-state index is 0.0857. The van der Waals surface area contributed by atoms with Crippen molar-refractivity contribution in [3.63, 3.8) is 0 Å². The van der Waals surface area contributed by atoms with Gasteiger partial charge in [-0.15, -0.1) is 0 Å². The molecule has 5 nitrogen and oxygen atoms in total. The molecule has 0 aromatic rings. The van der Waals surface area contributed by atoms with Gasteiger partial charge in [0.25, 0.3) is 0 Å². The number of carbonyl (C=O) groups excluding carboxylic acids is 2. The fourth-order valence-electron chi connectivity index (χ4n) is 1.34. The summed E-state index contributed by atoms with van der Waals surface area (Å²) in [6, 6.07) is -0.426. The molecule has 0 spiro atoms. The fourth-order valence-corrected chi connectivity index (χ4v) is 1.34. The van der Waals surface area contributed by atoms with E-state index in [1.54, 1.807) is 6.92 Å². The van der Waals surface area contributed by atoms with Crippen molar-refractivity contribution < 1.29 is 14.7 Å². The third-order valence-corrected chi connectivity index (χ3v) is 2.72. The highest BCUT2D eigenvalue weighted by molar-refractivity contribution is 5.90. The van der Waals surface area contributed by atoms with E-state index in [1.807, 2.05) is 6.92 Å². The molecule has 3 N–H and O–H groups in total. The molecule has 2 atom stereocenters. The number of rotatable bonds is 4. The van der Waals surface area contributed by atoms with E-state index in [0.717, 1.165) is 0 Å². The van der Waals surface area contributed by atoms with Gasteiger partial charge in [0.05, 0.1) is 5.60 Å². The number of nitrogens with one attached hydrogen (secondary N) is 2. The molecule has 0 aliphatic carbocycles. The maximum absolute atomic E-state index is 11.5. The predicted octanol–water partition coefficient (Wildman–Crippen LogP) is -0.458. The van der Waals surface area contributed by atoms with Crippen molar-refractivity contribution in [2.45, 2.75) is 44.8 Å². The van der Waals surface area contributed by atoms with Crippen LogP contribution in [-0.2, 0) is 9.59 Å². The topological polar surface area (TPSA) is 78.4 Å². The van der Waals surface area contributed by atoms with Crippen LogP contribution in [0, 0.1) is 0 Å². The third-order valence-electron chi connectivity index (χ3n) is 2.72. The summed E-state index contributed by atoms with van der Waals surface area (Å²) in [5.74, 6) is -0.299. The third kappa shape index (κ3) is 3.51.